The topological polar surface area (TPSA) is 46.6 Å². The van der Waals surface area contributed by atoms with Crippen molar-refractivity contribution in [1.29, 1.82) is 0 Å². The number of hydrogen-bond donors (Lipinski definition) is 0. The number of piperidine rings is 1. The molecule has 5 heteroatoms. The number of likely N-dealkylation sites (tertiary alicyclic amines) is 1. The van der Waals surface area contributed by atoms with E-state index in [0.717, 1.165) is 31.5 Å². The van der Waals surface area contributed by atoms with Gasteiger partial charge in [0.1, 0.15) is 12.0 Å². The summed E-state index contributed by atoms with van der Waals surface area (Å²) in [5, 5.41) is 0. The Kier molecular flexibility index (Phi) is 5.56. The zero-order valence-corrected chi connectivity index (χ0v) is 12.0. The second kappa shape index (κ2) is 7.41. The van der Waals surface area contributed by atoms with Gasteiger partial charge < -0.3 is 4.74 Å². The fourth-order valence-corrected chi connectivity index (χ4v) is 2.38. The van der Waals surface area contributed by atoms with Crippen LogP contribution in [0.4, 0.5) is 0 Å². The molecule has 0 amide bonds. The standard InChI is InChI=1S/C15H18ClNO3/c16-10-15(19)20-13-6-8-17(9-7-13)11-14(18)12-4-2-1-3-5-12/h1-5,13H,6-11H2. The number of ether oxygens (including phenoxy) is 1. The molecule has 1 fully saturated rings. The van der Waals surface area contributed by atoms with Gasteiger partial charge in [0.25, 0.3) is 0 Å². The molecule has 0 atom stereocenters. The maximum Gasteiger partial charge on any atom is 0.321 e. The van der Waals surface area contributed by atoms with Gasteiger partial charge in [0, 0.05) is 18.7 Å². The molecule has 1 aromatic carbocycles. The summed E-state index contributed by atoms with van der Waals surface area (Å²) >= 11 is 5.41. The van der Waals surface area contributed by atoms with Gasteiger partial charge in [-0.25, -0.2) is 0 Å². The third-order valence-electron chi connectivity index (χ3n) is 3.40. The van der Waals surface area contributed by atoms with Crippen molar-refractivity contribution >= 4 is 23.4 Å². The Morgan fingerprint density at radius 1 is 1.20 bits per heavy atom. The minimum absolute atomic E-state index is 0.0654. The van der Waals surface area contributed by atoms with Crippen molar-refractivity contribution in [2.75, 3.05) is 25.5 Å². The molecule has 1 aliphatic heterocycles. The summed E-state index contributed by atoms with van der Waals surface area (Å²) in [5.41, 5.74) is 0.739. The molecule has 0 saturated carbocycles. The van der Waals surface area contributed by atoms with Gasteiger partial charge in [0.2, 0.25) is 0 Å². The van der Waals surface area contributed by atoms with Crippen LogP contribution in [0.5, 0.6) is 0 Å². The molecule has 0 N–H and O–H groups in total. The summed E-state index contributed by atoms with van der Waals surface area (Å²) in [6.07, 6.45) is 1.44. The van der Waals surface area contributed by atoms with Crippen LogP contribution in [0.3, 0.4) is 0 Å². The summed E-state index contributed by atoms with van der Waals surface area (Å²) in [6, 6.07) is 9.29. The maximum absolute atomic E-state index is 12.1. The number of Topliss-reactive ketones (excluding diaryl/α,β-unsaturated/α-hetero) is 1. The van der Waals surface area contributed by atoms with E-state index in [4.69, 9.17) is 16.3 Å². The van der Waals surface area contributed by atoms with Crippen LogP contribution in [-0.2, 0) is 9.53 Å². The quantitative estimate of drug-likeness (QED) is 0.474. The highest BCUT2D eigenvalue weighted by atomic mass is 35.5. The highest BCUT2D eigenvalue weighted by molar-refractivity contribution is 6.26. The lowest BCUT2D eigenvalue weighted by molar-refractivity contribution is -0.148. The van der Waals surface area contributed by atoms with Crippen LogP contribution in [0.1, 0.15) is 23.2 Å². The number of nitrogens with zero attached hydrogens (tertiary/aromatic N) is 1. The first-order chi connectivity index (χ1) is 9.69. The van der Waals surface area contributed by atoms with E-state index < -0.39 is 0 Å². The van der Waals surface area contributed by atoms with Crippen molar-refractivity contribution in [3.05, 3.63) is 35.9 Å². The maximum atomic E-state index is 12.1. The summed E-state index contributed by atoms with van der Waals surface area (Å²) < 4.78 is 5.20. The van der Waals surface area contributed by atoms with Crippen molar-refractivity contribution in [3.8, 4) is 0 Å². The minimum atomic E-state index is -0.370. The van der Waals surface area contributed by atoms with E-state index in [2.05, 4.69) is 4.90 Å². The number of alkyl halides is 1. The lowest BCUT2D eigenvalue weighted by atomic mass is 10.1. The second-order valence-electron chi connectivity index (χ2n) is 4.89. The second-order valence-corrected chi connectivity index (χ2v) is 5.16. The third kappa shape index (κ3) is 4.32. The molecule has 4 nitrogen and oxygen atoms in total. The summed E-state index contributed by atoms with van der Waals surface area (Å²) in [5.74, 6) is -0.348. The largest absolute Gasteiger partial charge is 0.461 e. The van der Waals surface area contributed by atoms with Crippen LogP contribution in [0.25, 0.3) is 0 Å². The molecular weight excluding hydrogens is 278 g/mol. The monoisotopic (exact) mass is 295 g/mol. The van der Waals surface area contributed by atoms with Crippen molar-refractivity contribution in [2.45, 2.75) is 18.9 Å². The smallest absolute Gasteiger partial charge is 0.321 e. The molecule has 108 valence electrons. The first-order valence-electron chi connectivity index (χ1n) is 6.75. The lowest BCUT2D eigenvalue weighted by Crippen LogP contribution is -2.40. The van der Waals surface area contributed by atoms with E-state index in [0.29, 0.717) is 6.54 Å². The molecule has 20 heavy (non-hydrogen) atoms. The fourth-order valence-electron chi connectivity index (χ4n) is 2.32. The van der Waals surface area contributed by atoms with E-state index in [1.54, 1.807) is 0 Å². The Morgan fingerprint density at radius 2 is 1.85 bits per heavy atom. The molecular formula is C15H18ClNO3. The van der Waals surface area contributed by atoms with Gasteiger partial charge in [0.15, 0.2) is 5.78 Å². The number of hydrogen-bond acceptors (Lipinski definition) is 4. The number of rotatable bonds is 5. The van der Waals surface area contributed by atoms with Crippen LogP contribution in [-0.4, -0.2) is 48.3 Å². The molecule has 0 spiro atoms. The lowest BCUT2D eigenvalue weighted by Gasteiger charge is -2.30. The zero-order valence-electron chi connectivity index (χ0n) is 11.3. The summed E-state index contributed by atoms with van der Waals surface area (Å²) in [4.78, 5) is 25.3. The molecule has 1 heterocycles. The zero-order chi connectivity index (χ0) is 14.4. The summed E-state index contributed by atoms with van der Waals surface area (Å²) in [7, 11) is 0. The number of esters is 1. The average molecular weight is 296 g/mol. The van der Waals surface area contributed by atoms with E-state index in [1.807, 2.05) is 30.3 Å². The van der Waals surface area contributed by atoms with Gasteiger partial charge in [-0.3, -0.25) is 14.5 Å². The number of carbonyl (C=O) groups excluding carboxylic acids is 2. The molecule has 1 aromatic rings. The van der Waals surface area contributed by atoms with E-state index >= 15 is 0 Å². The Hall–Kier alpha value is -1.39. The van der Waals surface area contributed by atoms with Gasteiger partial charge in [0.05, 0.1) is 6.54 Å². The molecule has 1 aliphatic rings. The molecule has 0 radical (unpaired) electrons. The van der Waals surface area contributed by atoms with Crippen LogP contribution < -0.4 is 0 Å². The van der Waals surface area contributed by atoms with Crippen LogP contribution in [0.2, 0.25) is 0 Å². The predicted octanol–water partition coefficient (Wildman–Crippen LogP) is 2.12. The first kappa shape index (κ1) is 15.0. The van der Waals surface area contributed by atoms with E-state index in [1.165, 1.54) is 0 Å². The van der Waals surface area contributed by atoms with Crippen molar-refractivity contribution in [1.82, 2.24) is 4.90 Å². The average Bonchev–Trinajstić information content (AvgIpc) is 2.50. The minimum Gasteiger partial charge on any atom is -0.461 e. The predicted molar refractivity (Wildman–Crippen MR) is 77.0 cm³/mol. The molecule has 0 unspecified atom stereocenters. The van der Waals surface area contributed by atoms with Crippen molar-refractivity contribution in [2.24, 2.45) is 0 Å². The van der Waals surface area contributed by atoms with Gasteiger partial charge in [-0.2, -0.15) is 0 Å². The van der Waals surface area contributed by atoms with Gasteiger partial charge in [-0.05, 0) is 12.8 Å². The van der Waals surface area contributed by atoms with Gasteiger partial charge in [-0.1, -0.05) is 30.3 Å². The van der Waals surface area contributed by atoms with Crippen LogP contribution in [0.15, 0.2) is 30.3 Å². The van der Waals surface area contributed by atoms with Crippen molar-refractivity contribution < 1.29 is 14.3 Å². The Labute approximate surface area is 123 Å². The highest BCUT2D eigenvalue weighted by Gasteiger charge is 2.23. The Morgan fingerprint density at radius 3 is 2.45 bits per heavy atom. The van der Waals surface area contributed by atoms with E-state index in [9.17, 15) is 9.59 Å². The number of ketones is 1. The number of benzene rings is 1. The number of carbonyl (C=O) groups is 2. The third-order valence-corrected chi connectivity index (χ3v) is 3.62. The fraction of sp³-hybridized carbons (Fsp3) is 0.467. The van der Waals surface area contributed by atoms with Crippen LogP contribution in [0, 0.1) is 0 Å². The van der Waals surface area contributed by atoms with Gasteiger partial charge in [-0.15, -0.1) is 11.6 Å². The first-order valence-corrected chi connectivity index (χ1v) is 7.28. The molecule has 0 aliphatic carbocycles. The van der Waals surface area contributed by atoms with Gasteiger partial charge >= 0.3 is 5.97 Å². The van der Waals surface area contributed by atoms with E-state index in [-0.39, 0.29) is 23.7 Å². The Balaban J connectivity index is 1.77. The molecule has 2 rings (SSSR count). The van der Waals surface area contributed by atoms with Crippen LogP contribution >= 0.6 is 11.6 Å². The SMILES string of the molecule is O=C(CCl)OC1CCN(CC(=O)c2ccccc2)CC1. The highest BCUT2D eigenvalue weighted by Crippen LogP contribution is 2.14. The molecule has 1 saturated heterocycles. The molecule has 0 aromatic heterocycles. The van der Waals surface area contributed by atoms with Crippen molar-refractivity contribution in [3.63, 3.8) is 0 Å². The normalized spacial score (nSPS) is 16.9. The number of halogens is 1. The summed E-state index contributed by atoms with van der Waals surface area (Å²) in [6.45, 7) is 1.94. The molecule has 0 bridgehead atoms. The Bertz CT molecular complexity index is 455.